The molecule has 1 aromatic carbocycles. The maximum absolute atomic E-state index is 13.2. The highest BCUT2D eigenvalue weighted by molar-refractivity contribution is 7.80. The zero-order valence-corrected chi connectivity index (χ0v) is 15.1. The van der Waals surface area contributed by atoms with Gasteiger partial charge in [0.2, 0.25) is 0 Å². The van der Waals surface area contributed by atoms with E-state index >= 15 is 0 Å². The van der Waals surface area contributed by atoms with Gasteiger partial charge in [-0.05, 0) is 57.1 Å². The van der Waals surface area contributed by atoms with E-state index in [9.17, 15) is 18.0 Å². The van der Waals surface area contributed by atoms with Crippen molar-refractivity contribution in [2.75, 3.05) is 18.1 Å². The fourth-order valence-electron chi connectivity index (χ4n) is 2.82. The van der Waals surface area contributed by atoms with Gasteiger partial charge in [0.15, 0.2) is 5.11 Å². The van der Waals surface area contributed by atoms with Crippen LogP contribution in [0.4, 0.5) is 18.9 Å². The summed E-state index contributed by atoms with van der Waals surface area (Å²) in [4.78, 5) is 15.5. The lowest BCUT2D eigenvalue weighted by atomic mass is 10.0. The van der Waals surface area contributed by atoms with Crippen molar-refractivity contribution >= 4 is 28.9 Å². The fraction of sp³-hybridized carbons (Fsp3) is 0.471. The lowest BCUT2D eigenvalue weighted by Gasteiger charge is -2.29. The number of benzene rings is 1. The normalized spacial score (nSPS) is 17.0. The Labute approximate surface area is 154 Å². The minimum Gasteiger partial charge on any atom is -0.396 e. The Bertz CT molecular complexity index is 771. The second kappa shape index (κ2) is 7.21. The summed E-state index contributed by atoms with van der Waals surface area (Å²) in [6, 6.07) is 4.61. The zero-order chi connectivity index (χ0) is 19.7. The number of unbranched alkanes of at least 4 members (excludes halogenated alkanes) is 1. The highest BCUT2D eigenvalue weighted by Gasteiger charge is 2.49. The molecule has 1 heterocycles. The summed E-state index contributed by atoms with van der Waals surface area (Å²) >= 11 is 5.34. The van der Waals surface area contributed by atoms with Crippen LogP contribution in [0.15, 0.2) is 18.2 Å². The van der Waals surface area contributed by atoms with Crippen LogP contribution in [0, 0.1) is 11.3 Å². The molecule has 1 fully saturated rings. The van der Waals surface area contributed by atoms with Gasteiger partial charge in [0.25, 0.3) is 5.91 Å². The highest BCUT2D eigenvalue weighted by Crippen LogP contribution is 2.37. The third-order valence-corrected chi connectivity index (χ3v) is 4.70. The van der Waals surface area contributed by atoms with E-state index in [0.717, 1.165) is 17.0 Å². The SMILES string of the molecule is CC1(C)C(=O)N(c2ccc([14C]#N)c(C(F)(F)F)c2)C(=S)N1CCCCO. The molecule has 0 aromatic heterocycles. The van der Waals surface area contributed by atoms with Crippen LogP contribution in [0.5, 0.6) is 0 Å². The summed E-state index contributed by atoms with van der Waals surface area (Å²) < 4.78 is 39.6. The van der Waals surface area contributed by atoms with Crippen molar-refractivity contribution < 1.29 is 23.1 Å². The number of amides is 1. The number of carbonyl (C=O) groups excluding carboxylic acids is 1. The van der Waals surface area contributed by atoms with Crippen molar-refractivity contribution in [1.29, 1.82) is 5.26 Å². The Morgan fingerprint density at radius 3 is 2.50 bits per heavy atom. The van der Waals surface area contributed by atoms with Gasteiger partial charge in [0.05, 0.1) is 22.9 Å². The molecule has 0 bridgehead atoms. The van der Waals surface area contributed by atoms with Crippen molar-refractivity contribution in [3.8, 4) is 6.07 Å². The highest BCUT2D eigenvalue weighted by atomic mass is 32.1. The number of alkyl halides is 3. The second-order valence-corrected chi connectivity index (χ2v) is 6.77. The molecule has 1 amide bonds. The van der Waals surface area contributed by atoms with Crippen LogP contribution < -0.4 is 4.90 Å². The maximum atomic E-state index is 13.2. The Kier molecular flexibility index (Phi) is 5.58. The van der Waals surface area contributed by atoms with Gasteiger partial charge >= 0.3 is 6.18 Å². The quantitative estimate of drug-likeness (QED) is 0.621. The van der Waals surface area contributed by atoms with E-state index in [4.69, 9.17) is 22.6 Å². The molecular formula is C17H18F3N3O2S. The molecule has 5 nitrogen and oxygen atoms in total. The first-order valence-corrected chi connectivity index (χ1v) is 8.35. The van der Waals surface area contributed by atoms with E-state index in [1.54, 1.807) is 18.7 Å². The van der Waals surface area contributed by atoms with Crippen LogP contribution in [-0.2, 0) is 11.0 Å². The number of hydrogen-bond acceptors (Lipinski definition) is 4. The Morgan fingerprint density at radius 2 is 1.96 bits per heavy atom. The third kappa shape index (κ3) is 3.52. The monoisotopic (exact) mass is 387 g/mol. The van der Waals surface area contributed by atoms with E-state index in [0.29, 0.717) is 19.4 Å². The van der Waals surface area contributed by atoms with Crippen LogP contribution >= 0.6 is 12.2 Å². The minimum atomic E-state index is -4.72. The molecule has 26 heavy (non-hydrogen) atoms. The molecule has 1 aliphatic rings. The first kappa shape index (κ1) is 20.1. The van der Waals surface area contributed by atoms with E-state index in [2.05, 4.69) is 0 Å². The molecule has 1 saturated heterocycles. The van der Waals surface area contributed by atoms with Gasteiger partial charge < -0.3 is 10.0 Å². The van der Waals surface area contributed by atoms with E-state index in [1.807, 2.05) is 0 Å². The average molecular weight is 387 g/mol. The Hall–Kier alpha value is -2.18. The summed E-state index contributed by atoms with van der Waals surface area (Å²) in [7, 11) is 0. The Morgan fingerprint density at radius 1 is 1.31 bits per heavy atom. The summed E-state index contributed by atoms with van der Waals surface area (Å²) in [6.45, 7) is 3.70. The molecule has 9 heteroatoms. The molecule has 140 valence electrons. The third-order valence-electron chi connectivity index (χ3n) is 4.30. The van der Waals surface area contributed by atoms with Crippen LogP contribution in [0.3, 0.4) is 0 Å². The van der Waals surface area contributed by atoms with Gasteiger partial charge in [-0.2, -0.15) is 18.4 Å². The molecule has 2 rings (SSSR count). The number of carbonyl (C=O) groups is 1. The van der Waals surface area contributed by atoms with Crippen molar-refractivity contribution in [3.05, 3.63) is 29.3 Å². The van der Waals surface area contributed by atoms with Crippen molar-refractivity contribution in [1.82, 2.24) is 4.90 Å². The molecule has 1 N–H and O–H groups in total. The number of aliphatic hydroxyl groups is 1. The lowest BCUT2D eigenvalue weighted by Crippen LogP contribution is -2.44. The number of thiocarbonyl (C=S) groups is 1. The number of aliphatic hydroxyl groups excluding tert-OH is 1. The zero-order valence-electron chi connectivity index (χ0n) is 14.3. The standard InChI is InChI=1S/C17H18F3N3O2S/c1-16(2)14(25)23(15(26)22(16)7-3-4-8-24)12-6-5-11(10-21)13(9-12)17(18,19)20/h5-6,9,24H,3-4,7-8H2,1-2H3/i10+2. The first-order valence-electron chi connectivity index (χ1n) is 7.94. The van der Waals surface area contributed by atoms with Gasteiger partial charge in [-0.15, -0.1) is 0 Å². The first-order chi connectivity index (χ1) is 12.1. The molecule has 0 atom stereocenters. The largest absolute Gasteiger partial charge is 0.417 e. The van der Waals surface area contributed by atoms with E-state index in [1.165, 1.54) is 12.1 Å². The number of rotatable bonds is 5. The van der Waals surface area contributed by atoms with Gasteiger partial charge in [0.1, 0.15) is 5.54 Å². The fourth-order valence-corrected chi connectivity index (χ4v) is 3.33. The van der Waals surface area contributed by atoms with E-state index < -0.39 is 28.7 Å². The summed E-state index contributed by atoms with van der Waals surface area (Å²) in [5, 5.41) is 17.9. The number of halogens is 3. The second-order valence-electron chi connectivity index (χ2n) is 6.40. The number of hydrogen-bond donors (Lipinski definition) is 1. The molecule has 0 spiro atoms. The van der Waals surface area contributed by atoms with Crippen molar-refractivity contribution in [2.24, 2.45) is 0 Å². The summed E-state index contributed by atoms with van der Waals surface area (Å²) in [5.41, 5.74) is -2.66. The van der Waals surface area contributed by atoms with E-state index in [-0.39, 0.29) is 17.4 Å². The molecule has 0 radical (unpaired) electrons. The molecule has 0 unspecified atom stereocenters. The maximum Gasteiger partial charge on any atom is 0.417 e. The van der Waals surface area contributed by atoms with Crippen LogP contribution in [0.2, 0.25) is 0 Å². The smallest absolute Gasteiger partial charge is 0.396 e. The molecular weight excluding hydrogens is 369 g/mol. The van der Waals surface area contributed by atoms with Crippen LogP contribution in [-0.4, -0.2) is 39.7 Å². The van der Waals surface area contributed by atoms with Gasteiger partial charge in [-0.25, -0.2) is 0 Å². The Balaban J connectivity index is 2.44. The van der Waals surface area contributed by atoms with Crippen molar-refractivity contribution in [2.45, 2.75) is 38.4 Å². The predicted octanol–water partition coefficient (Wildman–Crippen LogP) is 3.06. The molecule has 0 aliphatic carbocycles. The summed E-state index contributed by atoms with van der Waals surface area (Å²) in [6.07, 6.45) is -3.61. The van der Waals surface area contributed by atoms with Crippen molar-refractivity contribution in [3.63, 3.8) is 0 Å². The van der Waals surface area contributed by atoms with Crippen LogP contribution in [0.1, 0.15) is 37.8 Å². The predicted molar refractivity (Wildman–Crippen MR) is 93.3 cm³/mol. The minimum absolute atomic E-state index is 0.00323. The lowest BCUT2D eigenvalue weighted by molar-refractivity contribution is -0.137. The van der Waals surface area contributed by atoms with Gasteiger partial charge in [0, 0.05) is 13.2 Å². The van der Waals surface area contributed by atoms with Gasteiger partial charge in [-0.3, -0.25) is 9.69 Å². The number of nitrogens with zero attached hydrogens (tertiary/aromatic N) is 3. The van der Waals surface area contributed by atoms with Gasteiger partial charge in [-0.1, -0.05) is 0 Å². The summed E-state index contributed by atoms with van der Waals surface area (Å²) in [5.74, 6) is -0.440. The average Bonchev–Trinajstić information content (AvgIpc) is 2.73. The topological polar surface area (TPSA) is 67.6 Å². The molecule has 1 aliphatic heterocycles. The van der Waals surface area contributed by atoms with Crippen LogP contribution in [0.25, 0.3) is 0 Å². The molecule has 1 aromatic rings. The number of anilines is 1. The molecule has 0 saturated carbocycles. The number of nitriles is 1.